The molecule has 0 atom stereocenters. The fourth-order valence-electron chi connectivity index (χ4n) is 1.33. The Morgan fingerprint density at radius 3 is 2.15 bits per heavy atom. The van der Waals surface area contributed by atoms with Gasteiger partial charge in [0.15, 0.2) is 0 Å². The highest BCUT2D eigenvalue weighted by molar-refractivity contribution is 5.35. The van der Waals surface area contributed by atoms with Gasteiger partial charge in [0.05, 0.1) is 0 Å². The maximum absolute atomic E-state index is 9.19. The van der Waals surface area contributed by atoms with Crippen molar-refractivity contribution in [2.75, 3.05) is 13.2 Å². The molecule has 1 aromatic carbocycles. The molecular formula is C10H14O3. The first-order chi connectivity index (χ1) is 6.27. The van der Waals surface area contributed by atoms with Crippen LogP contribution in [-0.2, 0) is 12.8 Å². The van der Waals surface area contributed by atoms with Crippen molar-refractivity contribution in [2.45, 2.75) is 12.8 Å². The SMILES string of the molecule is OCCc1ccc(O)cc1CCO. The van der Waals surface area contributed by atoms with E-state index < -0.39 is 0 Å². The summed E-state index contributed by atoms with van der Waals surface area (Å²) in [5.41, 5.74) is 1.88. The summed E-state index contributed by atoms with van der Waals surface area (Å²) in [6.45, 7) is 0.144. The standard InChI is InChI=1S/C10H14O3/c11-5-3-8-1-2-10(13)7-9(8)4-6-12/h1-2,7,11-13H,3-6H2. The summed E-state index contributed by atoms with van der Waals surface area (Å²) < 4.78 is 0. The molecule has 0 bridgehead atoms. The Kier molecular flexibility index (Phi) is 3.73. The number of rotatable bonds is 4. The zero-order valence-electron chi connectivity index (χ0n) is 7.40. The summed E-state index contributed by atoms with van der Waals surface area (Å²) in [4.78, 5) is 0. The minimum atomic E-state index is 0.0574. The van der Waals surface area contributed by atoms with E-state index in [-0.39, 0.29) is 19.0 Å². The Balaban J connectivity index is 2.89. The molecule has 0 spiro atoms. The van der Waals surface area contributed by atoms with Crippen molar-refractivity contribution < 1.29 is 15.3 Å². The van der Waals surface area contributed by atoms with Crippen molar-refractivity contribution in [3.8, 4) is 5.75 Å². The predicted molar refractivity (Wildman–Crippen MR) is 49.7 cm³/mol. The van der Waals surface area contributed by atoms with Crippen LogP contribution in [0.25, 0.3) is 0 Å². The Hall–Kier alpha value is -1.06. The van der Waals surface area contributed by atoms with Crippen LogP contribution >= 0.6 is 0 Å². The molecular weight excluding hydrogens is 168 g/mol. The maximum Gasteiger partial charge on any atom is 0.115 e. The van der Waals surface area contributed by atoms with Crippen molar-refractivity contribution in [1.29, 1.82) is 0 Å². The van der Waals surface area contributed by atoms with E-state index in [1.54, 1.807) is 18.2 Å². The molecule has 1 rings (SSSR count). The molecule has 72 valence electrons. The number of phenolic OH excluding ortho intramolecular Hbond substituents is 1. The quantitative estimate of drug-likeness (QED) is 0.634. The van der Waals surface area contributed by atoms with Crippen LogP contribution in [0.3, 0.4) is 0 Å². The highest BCUT2D eigenvalue weighted by atomic mass is 16.3. The second-order valence-electron chi connectivity index (χ2n) is 2.90. The molecule has 0 aliphatic rings. The van der Waals surface area contributed by atoms with Gasteiger partial charge >= 0.3 is 0 Å². The summed E-state index contributed by atoms with van der Waals surface area (Å²) in [6, 6.07) is 4.99. The third-order valence-corrected chi connectivity index (χ3v) is 1.95. The number of phenols is 1. The Morgan fingerprint density at radius 2 is 1.54 bits per heavy atom. The largest absolute Gasteiger partial charge is 0.508 e. The molecule has 3 nitrogen and oxygen atoms in total. The maximum atomic E-state index is 9.19. The summed E-state index contributed by atoms with van der Waals surface area (Å²) in [5.74, 6) is 0.199. The van der Waals surface area contributed by atoms with Crippen molar-refractivity contribution in [2.24, 2.45) is 0 Å². The highest BCUT2D eigenvalue weighted by Crippen LogP contribution is 2.17. The number of hydrogen-bond donors (Lipinski definition) is 3. The van der Waals surface area contributed by atoms with Crippen LogP contribution < -0.4 is 0 Å². The van der Waals surface area contributed by atoms with Crippen LogP contribution in [-0.4, -0.2) is 28.5 Å². The molecule has 3 N–H and O–H groups in total. The summed E-state index contributed by atoms with van der Waals surface area (Å²) >= 11 is 0. The number of aliphatic hydroxyl groups is 2. The van der Waals surface area contributed by atoms with Gasteiger partial charge in [0.1, 0.15) is 5.75 Å². The smallest absolute Gasteiger partial charge is 0.115 e. The lowest BCUT2D eigenvalue weighted by Crippen LogP contribution is -1.99. The number of benzene rings is 1. The molecule has 13 heavy (non-hydrogen) atoms. The first kappa shape index (κ1) is 10.0. The van der Waals surface area contributed by atoms with Gasteiger partial charge in [0.2, 0.25) is 0 Å². The van der Waals surface area contributed by atoms with Crippen molar-refractivity contribution >= 4 is 0 Å². The first-order valence-electron chi connectivity index (χ1n) is 4.30. The van der Waals surface area contributed by atoms with E-state index in [1.165, 1.54) is 0 Å². The molecule has 0 saturated heterocycles. The molecule has 0 saturated carbocycles. The summed E-state index contributed by atoms with van der Waals surface area (Å²) in [6.07, 6.45) is 1.08. The predicted octanol–water partition coefficient (Wildman–Crippen LogP) is 0.462. The Bertz CT molecular complexity index is 271. The van der Waals surface area contributed by atoms with Crippen LogP contribution in [0.2, 0.25) is 0 Å². The molecule has 1 aromatic rings. The Labute approximate surface area is 77.3 Å². The van der Waals surface area contributed by atoms with Gasteiger partial charge in [-0.05, 0) is 36.1 Å². The second kappa shape index (κ2) is 4.84. The van der Waals surface area contributed by atoms with Crippen LogP contribution in [0.15, 0.2) is 18.2 Å². The van der Waals surface area contributed by atoms with Crippen molar-refractivity contribution in [3.63, 3.8) is 0 Å². The lowest BCUT2D eigenvalue weighted by atomic mass is 10.0. The Morgan fingerprint density at radius 1 is 0.923 bits per heavy atom. The monoisotopic (exact) mass is 182 g/mol. The number of aliphatic hydroxyl groups excluding tert-OH is 2. The van der Waals surface area contributed by atoms with E-state index in [0.29, 0.717) is 12.8 Å². The third kappa shape index (κ3) is 2.72. The highest BCUT2D eigenvalue weighted by Gasteiger charge is 2.02. The average molecular weight is 182 g/mol. The molecule has 0 aliphatic carbocycles. The molecule has 0 aliphatic heterocycles. The van der Waals surface area contributed by atoms with Crippen LogP contribution in [0, 0.1) is 0 Å². The first-order valence-corrected chi connectivity index (χ1v) is 4.30. The van der Waals surface area contributed by atoms with Crippen LogP contribution in [0.4, 0.5) is 0 Å². The van der Waals surface area contributed by atoms with Crippen LogP contribution in [0.1, 0.15) is 11.1 Å². The molecule has 0 aromatic heterocycles. The van der Waals surface area contributed by atoms with Gasteiger partial charge < -0.3 is 15.3 Å². The van der Waals surface area contributed by atoms with E-state index in [4.69, 9.17) is 10.2 Å². The van der Waals surface area contributed by atoms with E-state index in [9.17, 15) is 5.11 Å². The number of aromatic hydroxyl groups is 1. The van der Waals surface area contributed by atoms with Crippen molar-refractivity contribution in [1.82, 2.24) is 0 Å². The molecule has 0 heterocycles. The van der Waals surface area contributed by atoms with Gasteiger partial charge in [-0.25, -0.2) is 0 Å². The molecule has 3 heteroatoms. The number of hydrogen-bond acceptors (Lipinski definition) is 3. The lowest BCUT2D eigenvalue weighted by Gasteiger charge is -2.07. The van der Waals surface area contributed by atoms with Gasteiger partial charge in [-0.1, -0.05) is 6.07 Å². The summed E-state index contributed by atoms with van der Waals surface area (Å²) in [7, 11) is 0. The van der Waals surface area contributed by atoms with Crippen molar-refractivity contribution in [3.05, 3.63) is 29.3 Å². The average Bonchev–Trinajstić information content (AvgIpc) is 2.10. The van der Waals surface area contributed by atoms with Gasteiger partial charge in [-0.15, -0.1) is 0 Å². The van der Waals surface area contributed by atoms with E-state index in [1.807, 2.05) is 0 Å². The lowest BCUT2D eigenvalue weighted by molar-refractivity contribution is 0.293. The minimum absolute atomic E-state index is 0.0574. The fraction of sp³-hybridized carbons (Fsp3) is 0.400. The van der Waals surface area contributed by atoms with Gasteiger partial charge in [0, 0.05) is 13.2 Å². The zero-order chi connectivity index (χ0) is 9.68. The molecule has 0 unspecified atom stereocenters. The molecule has 0 radical (unpaired) electrons. The topological polar surface area (TPSA) is 60.7 Å². The molecule has 0 amide bonds. The summed E-state index contributed by atoms with van der Waals surface area (Å²) in [5, 5.41) is 26.7. The van der Waals surface area contributed by atoms with E-state index in [0.717, 1.165) is 11.1 Å². The van der Waals surface area contributed by atoms with Gasteiger partial charge in [-0.3, -0.25) is 0 Å². The molecule has 0 fully saturated rings. The van der Waals surface area contributed by atoms with Crippen LogP contribution in [0.5, 0.6) is 5.75 Å². The van der Waals surface area contributed by atoms with Gasteiger partial charge in [-0.2, -0.15) is 0 Å². The normalized spacial score (nSPS) is 10.3. The minimum Gasteiger partial charge on any atom is -0.508 e. The third-order valence-electron chi connectivity index (χ3n) is 1.95. The fourth-order valence-corrected chi connectivity index (χ4v) is 1.33. The second-order valence-corrected chi connectivity index (χ2v) is 2.90. The van der Waals surface area contributed by atoms with Gasteiger partial charge in [0.25, 0.3) is 0 Å². The zero-order valence-corrected chi connectivity index (χ0v) is 7.40. The van der Waals surface area contributed by atoms with E-state index >= 15 is 0 Å². The van der Waals surface area contributed by atoms with E-state index in [2.05, 4.69) is 0 Å².